The van der Waals surface area contributed by atoms with Gasteiger partial charge in [0.2, 0.25) is 5.91 Å². The molecule has 0 spiro atoms. The minimum atomic E-state index is -1.82. The number of rotatable bonds is 5. The molecule has 2 aromatic rings. The molecule has 7 nitrogen and oxygen atoms in total. The molecule has 35 heavy (non-hydrogen) atoms. The number of halogens is 1. The minimum absolute atomic E-state index is 0.168. The summed E-state index contributed by atoms with van der Waals surface area (Å²) in [5, 5.41) is 14.8. The first kappa shape index (κ1) is 26.9. The summed E-state index contributed by atoms with van der Waals surface area (Å²) in [6, 6.07) is 19.3. The lowest BCUT2D eigenvalue weighted by Gasteiger charge is -2.38. The molecule has 2 aliphatic heterocycles. The standard InChI is InChI=1S/C25H31BrN2O.C2H2O4/c26-24-10-4-8-22(17-24)18-27-13-5-9-23(19-27)25(29)28-14-11-21(12-15-28)16-20-6-2-1-3-7-20;3-1(4)2(5)6/h1-4,6-8,10,17,21,23H,5,9,11-16,18-19H2;(H,3,4)(H,5,6). The number of carboxylic acids is 2. The molecular weight excluding hydrogens is 512 g/mol. The lowest BCUT2D eigenvalue weighted by Crippen LogP contribution is -2.47. The number of carbonyl (C=O) groups is 3. The fraction of sp³-hybridized carbons (Fsp3) is 0.444. The number of aliphatic carboxylic acids is 2. The van der Waals surface area contributed by atoms with Crippen molar-refractivity contribution in [3.63, 3.8) is 0 Å². The SMILES string of the molecule is O=C(C1CCCN(Cc2cccc(Br)c2)C1)N1CCC(Cc2ccccc2)CC1.O=C(O)C(=O)O. The van der Waals surface area contributed by atoms with Gasteiger partial charge in [-0.15, -0.1) is 0 Å². The Labute approximate surface area is 214 Å². The molecule has 8 heteroatoms. The zero-order valence-electron chi connectivity index (χ0n) is 19.8. The Morgan fingerprint density at radius 3 is 2.14 bits per heavy atom. The quantitative estimate of drug-likeness (QED) is 0.544. The van der Waals surface area contributed by atoms with Crippen LogP contribution < -0.4 is 0 Å². The molecule has 1 atom stereocenters. The number of piperidine rings is 2. The highest BCUT2D eigenvalue weighted by molar-refractivity contribution is 9.10. The molecule has 0 aliphatic carbocycles. The second kappa shape index (κ2) is 13.4. The minimum Gasteiger partial charge on any atom is -0.473 e. The summed E-state index contributed by atoms with van der Waals surface area (Å²) in [5.41, 5.74) is 2.74. The fourth-order valence-electron chi connectivity index (χ4n) is 4.86. The van der Waals surface area contributed by atoms with E-state index in [1.165, 1.54) is 11.1 Å². The molecule has 0 radical (unpaired) electrons. The first-order valence-electron chi connectivity index (χ1n) is 12.1. The van der Waals surface area contributed by atoms with E-state index in [1.54, 1.807) is 0 Å². The van der Waals surface area contributed by atoms with Gasteiger partial charge in [-0.2, -0.15) is 0 Å². The lowest BCUT2D eigenvalue weighted by molar-refractivity contribution is -0.159. The van der Waals surface area contributed by atoms with Crippen molar-refractivity contribution < 1.29 is 24.6 Å². The van der Waals surface area contributed by atoms with E-state index < -0.39 is 11.9 Å². The van der Waals surface area contributed by atoms with Crippen molar-refractivity contribution in [1.29, 1.82) is 0 Å². The van der Waals surface area contributed by atoms with Gasteiger partial charge in [0.1, 0.15) is 0 Å². The van der Waals surface area contributed by atoms with E-state index in [9.17, 15) is 4.79 Å². The van der Waals surface area contributed by atoms with E-state index >= 15 is 0 Å². The highest BCUT2D eigenvalue weighted by Crippen LogP contribution is 2.26. The van der Waals surface area contributed by atoms with Gasteiger partial charge < -0.3 is 15.1 Å². The van der Waals surface area contributed by atoms with Crippen molar-refractivity contribution >= 4 is 33.8 Å². The maximum Gasteiger partial charge on any atom is 0.414 e. The molecule has 0 aromatic heterocycles. The van der Waals surface area contributed by atoms with Crippen LogP contribution in [0.4, 0.5) is 0 Å². The van der Waals surface area contributed by atoms with Crippen LogP contribution in [0.15, 0.2) is 59.1 Å². The second-order valence-corrected chi connectivity index (χ2v) is 10.2. The Bertz CT molecular complexity index is 980. The Morgan fingerprint density at radius 2 is 1.51 bits per heavy atom. The third kappa shape index (κ3) is 8.78. The van der Waals surface area contributed by atoms with Crippen LogP contribution in [0.3, 0.4) is 0 Å². The monoisotopic (exact) mass is 544 g/mol. The topological polar surface area (TPSA) is 98.2 Å². The van der Waals surface area contributed by atoms with Gasteiger partial charge in [-0.1, -0.05) is 58.4 Å². The summed E-state index contributed by atoms with van der Waals surface area (Å²) >= 11 is 3.56. The van der Waals surface area contributed by atoms with Crippen molar-refractivity contribution in [2.75, 3.05) is 26.2 Å². The zero-order valence-corrected chi connectivity index (χ0v) is 21.4. The van der Waals surface area contributed by atoms with Crippen LogP contribution in [0.2, 0.25) is 0 Å². The number of likely N-dealkylation sites (tertiary alicyclic amines) is 2. The van der Waals surface area contributed by atoms with E-state index in [1.807, 2.05) is 0 Å². The Kier molecular flexibility index (Phi) is 10.3. The molecule has 4 rings (SSSR count). The first-order valence-corrected chi connectivity index (χ1v) is 12.9. The van der Waals surface area contributed by atoms with Gasteiger partial charge in [0.15, 0.2) is 0 Å². The maximum atomic E-state index is 13.2. The Morgan fingerprint density at radius 1 is 0.857 bits per heavy atom. The van der Waals surface area contributed by atoms with Crippen LogP contribution in [-0.4, -0.2) is 64.0 Å². The smallest absolute Gasteiger partial charge is 0.414 e. The Balaban J connectivity index is 0.000000509. The summed E-state index contributed by atoms with van der Waals surface area (Å²) in [5.74, 6) is -2.38. The third-order valence-corrected chi connectivity index (χ3v) is 7.12. The Hall–Kier alpha value is -2.71. The number of carbonyl (C=O) groups excluding carboxylic acids is 1. The molecule has 2 heterocycles. The van der Waals surface area contributed by atoms with Crippen LogP contribution >= 0.6 is 15.9 Å². The van der Waals surface area contributed by atoms with Crippen LogP contribution in [0.25, 0.3) is 0 Å². The van der Waals surface area contributed by atoms with E-state index in [0.29, 0.717) is 11.8 Å². The predicted molar refractivity (Wildman–Crippen MR) is 137 cm³/mol. The van der Waals surface area contributed by atoms with Crippen molar-refractivity contribution in [3.05, 3.63) is 70.2 Å². The molecule has 0 bridgehead atoms. The van der Waals surface area contributed by atoms with E-state index in [4.69, 9.17) is 19.8 Å². The van der Waals surface area contributed by atoms with Crippen molar-refractivity contribution in [2.45, 2.75) is 38.6 Å². The molecule has 188 valence electrons. The molecule has 0 saturated carbocycles. The molecule has 2 N–H and O–H groups in total. The largest absolute Gasteiger partial charge is 0.473 e. The van der Waals surface area contributed by atoms with E-state index in [2.05, 4.69) is 80.3 Å². The number of benzene rings is 2. The van der Waals surface area contributed by atoms with Crippen LogP contribution in [0, 0.1) is 11.8 Å². The van der Waals surface area contributed by atoms with Crippen LogP contribution in [0.5, 0.6) is 0 Å². The highest BCUT2D eigenvalue weighted by atomic mass is 79.9. The van der Waals surface area contributed by atoms with Crippen LogP contribution in [-0.2, 0) is 27.3 Å². The normalized spacial score (nSPS) is 18.9. The number of nitrogens with zero attached hydrogens (tertiary/aromatic N) is 2. The number of amides is 1. The fourth-order valence-corrected chi connectivity index (χ4v) is 5.30. The average molecular weight is 545 g/mol. The first-order chi connectivity index (χ1) is 16.8. The number of hydrogen-bond donors (Lipinski definition) is 2. The van der Waals surface area contributed by atoms with Crippen molar-refractivity contribution in [3.8, 4) is 0 Å². The van der Waals surface area contributed by atoms with Gasteiger partial charge in [-0.25, -0.2) is 9.59 Å². The zero-order chi connectivity index (χ0) is 25.2. The molecule has 1 amide bonds. The van der Waals surface area contributed by atoms with Crippen LogP contribution in [0.1, 0.15) is 36.8 Å². The summed E-state index contributed by atoms with van der Waals surface area (Å²) in [4.78, 5) is 36.0. The molecule has 1 unspecified atom stereocenters. The summed E-state index contributed by atoms with van der Waals surface area (Å²) in [7, 11) is 0. The average Bonchev–Trinajstić information content (AvgIpc) is 2.85. The molecule has 2 fully saturated rings. The lowest BCUT2D eigenvalue weighted by atomic mass is 9.89. The third-order valence-electron chi connectivity index (χ3n) is 6.63. The number of hydrogen-bond acceptors (Lipinski definition) is 4. The van der Waals surface area contributed by atoms with Gasteiger partial charge in [-0.05, 0) is 67.8 Å². The van der Waals surface area contributed by atoms with E-state index in [-0.39, 0.29) is 5.92 Å². The van der Waals surface area contributed by atoms with E-state index in [0.717, 1.165) is 69.3 Å². The number of carboxylic acid groups (broad SMARTS) is 2. The highest BCUT2D eigenvalue weighted by Gasteiger charge is 2.31. The van der Waals surface area contributed by atoms with Gasteiger partial charge in [0.25, 0.3) is 0 Å². The molecule has 2 saturated heterocycles. The molecule has 2 aromatic carbocycles. The van der Waals surface area contributed by atoms with Gasteiger partial charge >= 0.3 is 11.9 Å². The summed E-state index contributed by atoms with van der Waals surface area (Å²) in [6.07, 6.45) is 5.57. The van der Waals surface area contributed by atoms with Gasteiger partial charge in [-0.3, -0.25) is 9.69 Å². The second-order valence-electron chi connectivity index (χ2n) is 9.27. The van der Waals surface area contributed by atoms with Gasteiger partial charge in [0, 0.05) is 30.7 Å². The van der Waals surface area contributed by atoms with Crippen molar-refractivity contribution in [2.24, 2.45) is 11.8 Å². The molecular formula is C27H33BrN2O5. The van der Waals surface area contributed by atoms with Crippen molar-refractivity contribution in [1.82, 2.24) is 9.80 Å². The molecule has 2 aliphatic rings. The van der Waals surface area contributed by atoms with Gasteiger partial charge in [0.05, 0.1) is 5.92 Å². The predicted octanol–water partition coefficient (Wildman–Crippen LogP) is 4.30. The maximum absolute atomic E-state index is 13.2. The summed E-state index contributed by atoms with van der Waals surface area (Å²) < 4.78 is 1.12. The summed E-state index contributed by atoms with van der Waals surface area (Å²) in [6.45, 7) is 4.78.